The maximum Gasteiger partial charge on any atom is 0.320 e. The number of nitrogens with two attached hydrogens (primary N) is 1. The maximum absolute atomic E-state index is 13.3. The molecule has 0 radical (unpaired) electrons. The Bertz CT molecular complexity index is 513. The van der Waals surface area contributed by atoms with Crippen molar-refractivity contribution in [3.05, 3.63) is 34.1 Å². The van der Waals surface area contributed by atoms with E-state index in [2.05, 4.69) is 26.6 Å². The summed E-state index contributed by atoms with van der Waals surface area (Å²) >= 11 is 3.05. The van der Waals surface area contributed by atoms with E-state index in [1.807, 2.05) is 0 Å². The molecule has 21 heavy (non-hydrogen) atoms. The minimum atomic E-state index is -1.06. The summed E-state index contributed by atoms with van der Waals surface area (Å²) < 4.78 is 13.6. The zero-order valence-corrected chi connectivity index (χ0v) is 12.8. The van der Waals surface area contributed by atoms with Gasteiger partial charge in [0.2, 0.25) is 0 Å². The summed E-state index contributed by atoms with van der Waals surface area (Å²) in [5.74, 6) is -1.45. The molecule has 0 saturated heterocycles. The smallest absolute Gasteiger partial charge is 0.320 e. The molecule has 0 heterocycles. The number of urea groups is 1. The first kappa shape index (κ1) is 17.4. The molecule has 0 bridgehead atoms. The van der Waals surface area contributed by atoms with E-state index in [1.165, 1.54) is 6.07 Å². The fourth-order valence-corrected chi connectivity index (χ4v) is 1.79. The van der Waals surface area contributed by atoms with Crippen LogP contribution in [0.1, 0.15) is 18.4 Å². The number of hydrogen-bond donors (Lipinski definition) is 4. The molecule has 1 atom stereocenters. The number of carboxylic acids is 1. The minimum absolute atomic E-state index is 0.199. The second-order valence-corrected chi connectivity index (χ2v) is 5.30. The Morgan fingerprint density at radius 3 is 2.71 bits per heavy atom. The minimum Gasteiger partial charge on any atom is -0.480 e. The molecule has 0 spiro atoms. The zero-order valence-electron chi connectivity index (χ0n) is 11.2. The van der Waals surface area contributed by atoms with E-state index in [-0.39, 0.29) is 13.0 Å². The van der Waals surface area contributed by atoms with Crippen LogP contribution in [0.15, 0.2) is 22.7 Å². The van der Waals surface area contributed by atoms with Crippen molar-refractivity contribution >= 4 is 27.9 Å². The summed E-state index contributed by atoms with van der Waals surface area (Å²) in [6.07, 6.45) is 0.751. The van der Waals surface area contributed by atoms with Crippen molar-refractivity contribution in [2.24, 2.45) is 5.73 Å². The van der Waals surface area contributed by atoms with Crippen LogP contribution < -0.4 is 16.4 Å². The lowest BCUT2D eigenvalue weighted by Gasteiger charge is -2.09. The van der Waals surface area contributed by atoms with Crippen LogP contribution in [0.4, 0.5) is 9.18 Å². The molecule has 1 aromatic rings. The predicted molar refractivity (Wildman–Crippen MR) is 79.2 cm³/mol. The Hall–Kier alpha value is -1.67. The van der Waals surface area contributed by atoms with Gasteiger partial charge in [0, 0.05) is 13.1 Å². The first-order chi connectivity index (χ1) is 9.90. The molecule has 0 fully saturated rings. The van der Waals surface area contributed by atoms with Gasteiger partial charge in [0.1, 0.15) is 11.9 Å². The Balaban J connectivity index is 2.22. The number of hydrogen-bond acceptors (Lipinski definition) is 3. The highest BCUT2D eigenvalue weighted by molar-refractivity contribution is 9.10. The second kappa shape index (κ2) is 8.58. The fourth-order valence-electron chi connectivity index (χ4n) is 1.54. The summed E-state index contributed by atoms with van der Waals surface area (Å²) in [5.41, 5.74) is 5.96. The van der Waals surface area contributed by atoms with E-state index in [1.54, 1.807) is 12.1 Å². The van der Waals surface area contributed by atoms with Crippen LogP contribution in [0.2, 0.25) is 0 Å². The molecule has 116 valence electrons. The molecule has 0 aliphatic carbocycles. The molecule has 6 nitrogen and oxygen atoms in total. The molecular weight excluding hydrogens is 345 g/mol. The van der Waals surface area contributed by atoms with Crippen molar-refractivity contribution in [1.29, 1.82) is 0 Å². The first-order valence-corrected chi connectivity index (χ1v) is 7.13. The van der Waals surface area contributed by atoms with Crippen LogP contribution in [0.25, 0.3) is 0 Å². The van der Waals surface area contributed by atoms with Gasteiger partial charge in [-0.1, -0.05) is 6.07 Å². The number of carboxylic acid groups (broad SMARTS) is 1. The van der Waals surface area contributed by atoms with Gasteiger partial charge in [-0.05, 0) is 46.5 Å². The summed E-state index contributed by atoms with van der Waals surface area (Å²) in [5, 5.41) is 13.7. The van der Waals surface area contributed by atoms with Crippen molar-refractivity contribution in [2.75, 3.05) is 6.54 Å². The molecule has 1 aromatic carbocycles. The predicted octanol–water partition coefficient (Wildman–Crippen LogP) is 1.58. The molecule has 0 unspecified atom stereocenters. The summed E-state index contributed by atoms with van der Waals surface area (Å²) in [6, 6.07) is 3.27. The lowest BCUT2D eigenvalue weighted by molar-refractivity contribution is -0.138. The van der Waals surface area contributed by atoms with E-state index in [9.17, 15) is 14.0 Å². The number of rotatable bonds is 7. The van der Waals surface area contributed by atoms with Gasteiger partial charge in [-0.3, -0.25) is 4.79 Å². The highest BCUT2D eigenvalue weighted by atomic mass is 79.9. The van der Waals surface area contributed by atoms with Crippen molar-refractivity contribution in [3.8, 4) is 0 Å². The summed E-state index contributed by atoms with van der Waals surface area (Å²) in [7, 11) is 0. The zero-order chi connectivity index (χ0) is 15.8. The Morgan fingerprint density at radius 1 is 1.38 bits per heavy atom. The van der Waals surface area contributed by atoms with E-state index in [0.717, 1.165) is 0 Å². The van der Waals surface area contributed by atoms with Gasteiger partial charge in [0.15, 0.2) is 0 Å². The van der Waals surface area contributed by atoms with Crippen molar-refractivity contribution in [2.45, 2.75) is 25.4 Å². The molecule has 5 N–H and O–H groups in total. The van der Waals surface area contributed by atoms with Crippen molar-refractivity contribution in [1.82, 2.24) is 10.6 Å². The van der Waals surface area contributed by atoms with E-state index < -0.39 is 23.9 Å². The highest BCUT2D eigenvalue weighted by Gasteiger charge is 2.10. The number of aliphatic carboxylic acids is 1. The molecule has 2 amide bonds. The number of carbonyl (C=O) groups is 2. The number of benzene rings is 1. The molecule has 0 aromatic heterocycles. The van der Waals surface area contributed by atoms with Gasteiger partial charge < -0.3 is 21.5 Å². The molecule has 1 rings (SSSR count). The number of carbonyl (C=O) groups excluding carboxylic acids is 1. The monoisotopic (exact) mass is 361 g/mol. The topological polar surface area (TPSA) is 104 Å². The van der Waals surface area contributed by atoms with Gasteiger partial charge in [0.05, 0.1) is 4.47 Å². The normalized spacial score (nSPS) is 11.8. The Kier molecular flexibility index (Phi) is 7.10. The van der Waals surface area contributed by atoms with Gasteiger partial charge in [-0.2, -0.15) is 0 Å². The van der Waals surface area contributed by atoms with Gasteiger partial charge in [0.25, 0.3) is 0 Å². The van der Waals surface area contributed by atoms with Crippen molar-refractivity contribution < 1.29 is 19.1 Å². The van der Waals surface area contributed by atoms with E-state index >= 15 is 0 Å². The lowest BCUT2D eigenvalue weighted by atomic mass is 10.2. The van der Waals surface area contributed by atoms with Crippen LogP contribution >= 0.6 is 15.9 Å². The van der Waals surface area contributed by atoms with Gasteiger partial charge in [-0.15, -0.1) is 0 Å². The molecule has 0 saturated carbocycles. The lowest BCUT2D eigenvalue weighted by Crippen LogP contribution is -2.36. The highest BCUT2D eigenvalue weighted by Crippen LogP contribution is 2.16. The SMILES string of the molecule is N[C@@H](CCCNC(=O)NCc1ccc(Br)c(F)c1)C(=O)O. The van der Waals surface area contributed by atoms with Gasteiger partial charge >= 0.3 is 12.0 Å². The fraction of sp³-hybridized carbons (Fsp3) is 0.385. The standard InChI is InChI=1S/C13H17BrFN3O3/c14-9-4-3-8(6-10(9)15)7-18-13(21)17-5-1-2-11(16)12(19)20/h3-4,6,11H,1-2,5,7,16H2,(H,19,20)(H2,17,18,21)/t11-/m0/s1. The quantitative estimate of drug-likeness (QED) is 0.553. The molecule has 0 aliphatic rings. The Labute approximate surface area is 130 Å². The number of halogens is 2. The third-order valence-electron chi connectivity index (χ3n) is 2.73. The van der Waals surface area contributed by atoms with Gasteiger partial charge in [-0.25, -0.2) is 9.18 Å². The van der Waals surface area contributed by atoms with Crippen LogP contribution in [0.3, 0.4) is 0 Å². The summed E-state index contributed by atoms with van der Waals surface area (Å²) in [4.78, 5) is 22.0. The van der Waals surface area contributed by atoms with Crippen LogP contribution in [0, 0.1) is 5.82 Å². The van der Waals surface area contributed by atoms with Crippen LogP contribution in [-0.4, -0.2) is 29.7 Å². The average molecular weight is 362 g/mol. The first-order valence-electron chi connectivity index (χ1n) is 6.34. The van der Waals surface area contributed by atoms with E-state index in [0.29, 0.717) is 23.0 Å². The maximum atomic E-state index is 13.3. The van der Waals surface area contributed by atoms with Crippen molar-refractivity contribution in [3.63, 3.8) is 0 Å². The third kappa shape index (κ3) is 6.54. The average Bonchev–Trinajstić information content (AvgIpc) is 2.44. The Morgan fingerprint density at radius 2 is 2.10 bits per heavy atom. The summed E-state index contributed by atoms with van der Waals surface area (Å²) in [6.45, 7) is 0.520. The third-order valence-corrected chi connectivity index (χ3v) is 3.37. The van der Waals surface area contributed by atoms with Crippen LogP contribution in [-0.2, 0) is 11.3 Å². The number of amides is 2. The molecular formula is C13H17BrFN3O3. The molecule has 8 heteroatoms. The second-order valence-electron chi connectivity index (χ2n) is 4.44. The van der Waals surface area contributed by atoms with Crippen LogP contribution in [0.5, 0.6) is 0 Å². The number of nitrogens with one attached hydrogen (secondary N) is 2. The van der Waals surface area contributed by atoms with E-state index in [4.69, 9.17) is 10.8 Å². The molecule has 0 aliphatic heterocycles. The largest absolute Gasteiger partial charge is 0.480 e.